The summed E-state index contributed by atoms with van der Waals surface area (Å²) in [6, 6.07) is 0. The first-order valence-corrected chi connectivity index (χ1v) is 6.05. The van der Waals surface area contributed by atoms with Crippen molar-refractivity contribution in [2.75, 3.05) is 5.75 Å². The zero-order valence-corrected chi connectivity index (χ0v) is 7.19. The normalized spacial score (nSPS) is 8.57. The van der Waals surface area contributed by atoms with Gasteiger partial charge in [0.1, 0.15) is 0 Å². The van der Waals surface area contributed by atoms with Crippen LogP contribution < -0.4 is 0 Å². The van der Waals surface area contributed by atoms with Crippen molar-refractivity contribution in [3.05, 3.63) is 0 Å². The molecule has 0 amide bonds. The topological polar surface area (TPSA) is 0 Å². The number of hydrogen-bond donors (Lipinski definition) is 0. The van der Waals surface area contributed by atoms with E-state index >= 15 is 0 Å². The Morgan fingerprint density at radius 1 is 1.71 bits per heavy atom. The quantitative estimate of drug-likeness (QED) is 0.534. The molecular formula is C4H10P2S. The summed E-state index contributed by atoms with van der Waals surface area (Å²) in [4.78, 5) is 0. The second kappa shape index (κ2) is 5.09. The van der Waals surface area contributed by atoms with Gasteiger partial charge in [0.05, 0.1) is 0 Å². The Morgan fingerprint density at radius 3 is 2.43 bits per heavy atom. The van der Waals surface area contributed by atoms with E-state index in [0.717, 1.165) is 0 Å². The summed E-state index contributed by atoms with van der Waals surface area (Å²) in [5.41, 5.74) is 0. The third-order valence-electron chi connectivity index (χ3n) is 0.691. The van der Waals surface area contributed by atoms with Gasteiger partial charge in [-0.1, -0.05) is 0 Å². The fraction of sp³-hybridized carbons (Fsp3) is 1.00. The van der Waals surface area contributed by atoms with Crippen LogP contribution in [0.2, 0.25) is 0 Å². The van der Waals surface area contributed by atoms with Crippen LogP contribution in [0.3, 0.4) is 0 Å². The fourth-order valence-corrected chi connectivity index (χ4v) is 1.66. The molecule has 0 radical (unpaired) electrons. The van der Waals surface area contributed by atoms with Gasteiger partial charge in [0.25, 0.3) is 0 Å². The molecule has 3 heteroatoms. The van der Waals surface area contributed by atoms with Gasteiger partial charge in [-0.25, -0.2) is 0 Å². The average Bonchev–Trinajstić information content (AvgIpc) is 1.61. The molecule has 0 fully saturated rings. The molecule has 42 valence electrons. The molecule has 0 bridgehead atoms. The van der Waals surface area contributed by atoms with Gasteiger partial charge < -0.3 is 0 Å². The second-order valence-corrected chi connectivity index (χ2v) is 6.39. The van der Waals surface area contributed by atoms with Gasteiger partial charge in [0, 0.05) is 0 Å². The van der Waals surface area contributed by atoms with E-state index in [9.17, 15) is 0 Å². The third-order valence-corrected chi connectivity index (χ3v) is 2.53. The molecule has 0 heterocycles. The molecule has 0 aliphatic carbocycles. The van der Waals surface area contributed by atoms with Crippen LogP contribution in [0.1, 0.15) is 19.8 Å². The van der Waals surface area contributed by atoms with Gasteiger partial charge in [-0.3, -0.25) is 0 Å². The molecule has 0 spiro atoms. The van der Waals surface area contributed by atoms with Crippen molar-refractivity contribution in [1.82, 2.24) is 0 Å². The molecule has 0 aromatic heterocycles. The van der Waals surface area contributed by atoms with Gasteiger partial charge in [-0.2, -0.15) is 0 Å². The summed E-state index contributed by atoms with van der Waals surface area (Å²) in [5, 5.41) is 0. The van der Waals surface area contributed by atoms with Crippen molar-refractivity contribution >= 4 is 24.9 Å². The monoisotopic (exact) mass is 152 g/mol. The Hall–Kier alpha value is 0.950. The molecular weight excluding hydrogens is 142 g/mol. The maximum atomic E-state index is 4.17. The van der Waals surface area contributed by atoms with Crippen LogP contribution in [0.4, 0.5) is 0 Å². The minimum atomic E-state index is 0.185. The van der Waals surface area contributed by atoms with Crippen LogP contribution in [0, 0.1) is 0 Å². The molecule has 7 heavy (non-hydrogen) atoms. The number of unbranched alkanes of at least 4 members (excludes halogenated alkanes) is 1. The molecule has 0 aliphatic rings. The van der Waals surface area contributed by atoms with E-state index in [2.05, 4.69) is 22.8 Å². The van der Waals surface area contributed by atoms with E-state index in [-0.39, 0.29) is 9.05 Å². The molecule has 0 aromatic rings. The predicted octanol–water partition coefficient (Wildman–Crippen LogP) is 2.79. The third kappa shape index (κ3) is 6.95. The Labute approximate surface area is 50.9 Å². The van der Waals surface area contributed by atoms with Crippen molar-refractivity contribution in [2.24, 2.45) is 0 Å². The van der Waals surface area contributed by atoms with Crippen LogP contribution in [0.15, 0.2) is 0 Å². The summed E-state index contributed by atoms with van der Waals surface area (Å²) in [5.74, 6) is 1.20. The van der Waals surface area contributed by atoms with Gasteiger partial charge in [-0.05, 0) is 0 Å². The molecule has 0 rings (SSSR count). The fourth-order valence-electron chi connectivity index (χ4n) is 0.281. The summed E-state index contributed by atoms with van der Waals surface area (Å²) >= 11 is 0. The van der Waals surface area contributed by atoms with E-state index in [1.807, 2.05) is 0 Å². The summed E-state index contributed by atoms with van der Waals surface area (Å²) in [6.07, 6.45) is 2.56. The Morgan fingerprint density at radius 2 is 2.29 bits per heavy atom. The van der Waals surface area contributed by atoms with E-state index < -0.39 is 0 Å². The van der Waals surface area contributed by atoms with Crippen LogP contribution >= 0.6 is 15.8 Å². The SMILES string of the molecule is CCCCS(#P)=P. The minimum absolute atomic E-state index is 0.185. The van der Waals surface area contributed by atoms with Crippen LogP contribution in [0.5, 0.6) is 0 Å². The molecule has 0 aliphatic heterocycles. The standard InChI is InChI=1S/C4H10P2S/c1-2-3-4-7(5)6/h5H,2-4H2,1H3. The maximum absolute atomic E-state index is 4.17. The summed E-state index contributed by atoms with van der Waals surface area (Å²) < 4.78 is 0. The first kappa shape index (κ1) is 7.95. The van der Waals surface area contributed by atoms with Crippen LogP contribution in [-0.4, -0.2) is 5.75 Å². The molecule has 0 nitrogen and oxygen atoms in total. The van der Waals surface area contributed by atoms with Crippen molar-refractivity contribution < 1.29 is 0 Å². The zero-order chi connectivity index (χ0) is 5.70. The molecule has 0 atom stereocenters. The van der Waals surface area contributed by atoms with Gasteiger partial charge in [0.15, 0.2) is 0 Å². The number of hydrogen-bond acceptors (Lipinski definition) is 0. The second-order valence-electron chi connectivity index (χ2n) is 1.42. The predicted molar refractivity (Wildman–Crippen MR) is 42.4 cm³/mol. The summed E-state index contributed by atoms with van der Waals surface area (Å²) in [7, 11) is 7.77. The molecule has 0 aromatic carbocycles. The van der Waals surface area contributed by atoms with Crippen molar-refractivity contribution in [3.8, 4) is 0 Å². The van der Waals surface area contributed by atoms with Crippen molar-refractivity contribution in [2.45, 2.75) is 19.8 Å². The Bertz CT molecular complexity index is 133. The van der Waals surface area contributed by atoms with Crippen molar-refractivity contribution in [3.63, 3.8) is 0 Å². The van der Waals surface area contributed by atoms with E-state index in [1.165, 1.54) is 18.6 Å². The zero-order valence-electron chi connectivity index (χ0n) is 4.48. The van der Waals surface area contributed by atoms with E-state index in [1.54, 1.807) is 0 Å². The Balaban J connectivity index is 3.04. The van der Waals surface area contributed by atoms with Gasteiger partial charge in [0.2, 0.25) is 0 Å². The van der Waals surface area contributed by atoms with Crippen molar-refractivity contribution in [1.29, 1.82) is 0 Å². The molecule has 0 N–H and O–H groups in total. The van der Waals surface area contributed by atoms with Crippen LogP contribution in [0.25, 0.3) is 0 Å². The number of rotatable bonds is 2. The average molecular weight is 152 g/mol. The van der Waals surface area contributed by atoms with E-state index in [4.69, 9.17) is 0 Å². The molecule has 0 saturated heterocycles. The first-order chi connectivity index (χ1) is 3.27. The van der Waals surface area contributed by atoms with E-state index in [0.29, 0.717) is 0 Å². The molecule has 0 unspecified atom stereocenters. The van der Waals surface area contributed by atoms with Gasteiger partial charge in [-0.15, -0.1) is 0 Å². The first-order valence-electron chi connectivity index (χ1n) is 2.38. The molecule has 0 saturated carbocycles. The Kier molecular flexibility index (Phi) is 5.79. The van der Waals surface area contributed by atoms with Crippen LogP contribution in [-0.2, 0) is 9.05 Å². The van der Waals surface area contributed by atoms with Gasteiger partial charge >= 0.3 is 50.4 Å². The summed E-state index contributed by atoms with van der Waals surface area (Å²) in [6.45, 7) is 2.19.